The van der Waals surface area contributed by atoms with Crippen LogP contribution in [0.4, 0.5) is 0 Å². The van der Waals surface area contributed by atoms with Crippen molar-refractivity contribution in [2.45, 2.75) is 0 Å². The van der Waals surface area contributed by atoms with Gasteiger partial charge >= 0.3 is 5.97 Å². The van der Waals surface area contributed by atoms with Crippen molar-refractivity contribution >= 4 is 27.4 Å². The molecule has 0 aliphatic carbocycles. The molecule has 76 valence electrons. The summed E-state index contributed by atoms with van der Waals surface area (Å²) >= 11 is 1.36. The van der Waals surface area contributed by atoms with Crippen LogP contribution in [-0.2, 0) is 4.74 Å². The summed E-state index contributed by atoms with van der Waals surface area (Å²) in [7, 11) is 1.27. The Labute approximate surface area is 89.9 Å². The minimum atomic E-state index is -0.581. The third-order valence-corrected chi connectivity index (χ3v) is 3.05. The highest BCUT2D eigenvalue weighted by molar-refractivity contribution is 7.16. The van der Waals surface area contributed by atoms with Crippen LogP contribution in [0.3, 0.4) is 0 Å². The van der Waals surface area contributed by atoms with Gasteiger partial charge in [0.2, 0.25) is 5.43 Å². The second-order valence-corrected chi connectivity index (χ2v) is 3.88. The summed E-state index contributed by atoms with van der Waals surface area (Å²) in [6.07, 6.45) is 0. The molecular weight excluding hydrogens is 212 g/mol. The van der Waals surface area contributed by atoms with E-state index in [9.17, 15) is 9.59 Å². The van der Waals surface area contributed by atoms with Gasteiger partial charge in [-0.25, -0.2) is 4.79 Å². The number of hydrogen-bond acceptors (Lipinski definition) is 4. The number of fused-ring (bicyclic) bond motifs is 1. The normalized spacial score (nSPS) is 10.2. The number of carbonyl (C=O) groups is 1. The fourth-order valence-electron chi connectivity index (χ4n) is 1.33. The zero-order chi connectivity index (χ0) is 10.8. The minimum absolute atomic E-state index is 0.0983. The van der Waals surface area contributed by atoms with E-state index < -0.39 is 5.97 Å². The molecule has 0 aliphatic heterocycles. The Morgan fingerprint density at radius 2 is 2.07 bits per heavy atom. The Kier molecular flexibility index (Phi) is 2.51. The standard InChI is InChI=1S/C11H8O3S/c1-14-11(13)8-6-15-9-5-3-2-4-7(9)10(8)12/h2-6H,1H3. The number of benzene rings is 1. The molecule has 2 rings (SSSR count). The van der Waals surface area contributed by atoms with Gasteiger partial charge < -0.3 is 4.74 Å². The summed E-state index contributed by atoms with van der Waals surface area (Å²) in [5.41, 5.74) is -0.169. The minimum Gasteiger partial charge on any atom is -0.465 e. The highest BCUT2D eigenvalue weighted by atomic mass is 32.1. The van der Waals surface area contributed by atoms with Crippen LogP contribution in [0.5, 0.6) is 0 Å². The largest absolute Gasteiger partial charge is 0.465 e. The second kappa shape index (κ2) is 3.82. The monoisotopic (exact) mass is 220 g/mol. The fraction of sp³-hybridized carbons (Fsp3) is 0.0909. The summed E-state index contributed by atoms with van der Waals surface area (Å²) in [6.45, 7) is 0. The van der Waals surface area contributed by atoms with Gasteiger partial charge in [0.05, 0.1) is 7.11 Å². The molecule has 0 bridgehead atoms. The molecule has 0 fully saturated rings. The van der Waals surface area contributed by atoms with E-state index in [1.54, 1.807) is 12.1 Å². The van der Waals surface area contributed by atoms with Gasteiger partial charge in [0, 0.05) is 15.5 Å². The van der Waals surface area contributed by atoms with Crippen LogP contribution < -0.4 is 5.43 Å². The first-order valence-corrected chi connectivity index (χ1v) is 5.21. The molecule has 4 heteroatoms. The first-order chi connectivity index (χ1) is 7.24. The molecule has 0 atom stereocenters. The van der Waals surface area contributed by atoms with E-state index in [-0.39, 0.29) is 11.0 Å². The van der Waals surface area contributed by atoms with Gasteiger partial charge in [0.25, 0.3) is 0 Å². The molecule has 3 nitrogen and oxygen atoms in total. The summed E-state index contributed by atoms with van der Waals surface area (Å²) in [6, 6.07) is 7.19. The molecule has 0 aliphatic rings. The van der Waals surface area contributed by atoms with Crippen molar-refractivity contribution in [3.63, 3.8) is 0 Å². The summed E-state index contributed by atoms with van der Waals surface area (Å²) < 4.78 is 5.40. The number of rotatable bonds is 1. The van der Waals surface area contributed by atoms with Crippen molar-refractivity contribution in [1.82, 2.24) is 0 Å². The Balaban J connectivity index is 2.76. The van der Waals surface area contributed by atoms with Gasteiger partial charge in [-0.05, 0) is 12.1 Å². The van der Waals surface area contributed by atoms with Crippen molar-refractivity contribution in [3.05, 3.63) is 45.4 Å². The van der Waals surface area contributed by atoms with Crippen molar-refractivity contribution in [3.8, 4) is 0 Å². The molecule has 0 saturated carbocycles. The topological polar surface area (TPSA) is 43.4 Å². The van der Waals surface area contributed by atoms with Crippen LogP contribution in [0, 0.1) is 0 Å². The van der Waals surface area contributed by atoms with E-state index in [1.165, 1.54) is 23.8 Å². The molecular formula is C11H8O3S. The molecule has 0 saturated heterocycles. The number of ether oxygens (including phenoxy) is 1. The lowest BCUT2D eigenvalue weighted by Crippen LogP contribution is -2.15. The lowest BCUT2D eigenvalue weighted by Gasteiger charge is -1.99. The maximum absolute atomic E-state index is 11.8. The zero-order valence-electron chi connectivity index (χ0n) is 8.02. The third-order valence-electron chi connectivity index (χ3n) is 2.09. The maximum Gasteiger partial charge on any atom is 0.342 e. The predicted molar refractivity (Wildman–Crippen MR) is 59.4 cm³/mol. The lowest BCUT2D eigenvalue weighted by atomic mass is 10.2. The van der Waals surface area contributed by atoms with E-state index in [0.717, 1.165) is 4.70 Å². The highest BCUT2D eigenvalue weighted by Crippen LogP contribution is 2.16. The van der Waals surface area contributed by atoms with E-state index >= 15 is 0 Å². The third kappa shape index (κ3) is 1.64. The Bertz CT molecular complexity index is 571. The van der Waals surface area contributed by atoms with Gasteiger partial charge in [-0.15, -0.1) is 11.3 Å². The van der Waals surface area contributed by atoms with Crippen molar-refractivity contribution in [2.24, 2.45) is 0 Å². The summed E-state index contributed by atoms with van der Waals surface area (Å²) in [4.78, 5) is 23.1. The molecule has 0 radical (unpaired) electrons. The van der Waals surface area contributed by atoms with Gasteiger partial charge in [-0.1, -0.05) is 12.1 Å². The van der Waals surface area contributed by atoms with Crippen molar-refractivity contribution in [1.29, 1.82) is 0 Å². The van der Waals surface area contributed by atoms with E-state index in [2.05, 4.69) is 4.74 Å². The van der Waals surface area contributed by atoms with Crippen LogP contribution in [0.15, 0.2) is 34.4 Å². The molecule has 1 aromatic heterocycles. The van der Waals surface area contributed by atoms with Gasteiger partial charge in [-0.3, -0.25) is 4.79 Å². The first kappa shape index (κ1) is 9.86. The smallest absolute Gasteiger partial charge is 0.342 e. The number of esters is 1. The van der Waals surface area contributed by atoms with Crippen LogP contribution >= 0.6 is 11.3 Å². The Hall–Kier alpha value is -1.68. The van der Waals surface area contributed by atoms with Crippen molar-refractivity contribution < 1.29 is 9.53 Å². The predicted octanol–water partition coefficient (Wildman–Crippen LogP) is 2.05. The van der Waals surface area contributed by atoms with Crippen LogP contribution in [0.1, 0.15) is 10.4 Å². The number of carbonyl (C=O) groups excluding carboxylic acids is 1. The molecule has 1 heterocycles. The average Bonchev–Trinajstić information content (AvgIpc) is 2.29. The summed E-state index contributed by atoms with van der Waals surface area (Å²) in [5, 5.41) is 2.10. The van der Waals surface area contributed by atoms with Crippen LogP contribution in [0.2, 0.25) is 0 Å². The molecule has 0 N–H and O–H groups in total. The first-order valence-electron chi connectivity index (χ1n) is 4.33. The van der Waals surface area contributed by atoms with Crippen molar-refractivity contribution in [2.75, 3.05) is 7.11 Å². The highest BCUT2D eigenvalue weighted by Gasteiger charge is 2.12. The molecule has 2 aromatic rings. The SMILES string of the molecule is COC(=O)c1csc2ccccc2c1=O. The maximum atomic E-state index is 11.8. The number of hydrogen-bond donors (Lipinski definition) is 0. The van der Waals surface area contributed by atoms with Gasteiger partial charge in [0.1, 0.15) is 5.56 Å². The van der Waals surface area contributed by atoms with E-state index in [0.29, 0.717) is 5.39 Å². The number of methoxy groups -OCH3 is 1. The summed E-state index contributed by atoms with van der Waals surface area (Å²) in [5.74, 6) is -0.581. The molecule has 0 amide bonds. The molecule has 1 aromatic carbocycles. The Morgan fingerprint density at radius 1 is 1.33 bits per heavy atom. The van der Waals surface area contributed by atoms with Gasteiger partial charge in [-0.2, -0.15) is 0 Å². The molecule has 0 spiro atoms. The van der Waals surface area contributed by atoms with Gasteiger partial charge in [0.15, 0.2) is 0 Å². The fourth-order valence-corrected chi connectivity index (χ4v) is 2.22. The Morgan fingerprint density at radius 3 is 2.80 bits per heavy atom. The second-order valence-electron chi connectivity index (χ2n) is 2.97. The van der Waals surface area contributed by atoms with Crippen LogP contribution in [0.25, 0.3) is 10.1 Å². The van der Waals surface area contributed by atoms with Crippen LogP contribution in [-0.4, -0.2) is 13.1 Å². The lowest BCUT2D eigenvalue weighted by molar-refractivity contribution is 0.0600. The molecule has 15 heavy (non-hydrogen) atoms. The van der Waals surface area contributed by atoms with E-state index in [1.807, 2.05) is 12.1 Å². The van der Waals surface area contributed by atoms with E-state index in [4.69, 9.17) is 0 Å². The quantitative estimate of drug-likeness (QED) is 0.691. The molecule has 0 unspecified atom stereocenters. The zero-order valence-corrected chi connectivity index (χ0v) is 8.84. The average molecular weight is 220 g/mol.